The molecule has 0 radical (unpaired) electrons. The summed E-state index contributed by atoms with van der Waals surface area (Å²) in [6, 6.07) is 3.41. The Morgan fingerprint density at radius 1 is 1.52 bits per heavy atom. The fraction of sp³-hybridized carbons (Fsp3) is 0.286. The molecule has 2 rings (SSSR count). The van der Waals surface area contributed by atoms with Gasteiger partial charge < -0.3 is 10.5 Å². The monoisotopic (exact) mass is 405 g/mol. The van der Waals surface area contributed by atoms with Gasteiger partial charge in [0.2, 0.25) is 5.96 Å². The number of guanidine groups is 1. The van der Waals surface area contributed by atoms with Crippen molar-refractivity contribution in [1.82, 2.24) is 5.48 Å². The van der Waals surface area contributed by atoms with Crippen LogP contribution in [0.15, 0.2) is 22.6 Å². The van der Waals surface area contributed by atoms with Gasteiger partial charge >= 0.3 is 0 Å². The van der Waals surface area contributed by atoms with Crippen molar-refractivity contribution in [2.45, 2.75) is 11.3 Å². The molecule has 1 aromatic carbocycles. The number of hydrogen-bond acceptors (Lipinski definition) is 7. The van der Waals surface area contributed by atoms with E-state index in [1.807, 2.05) is 6.26 Å². The summed E-state index contributed by atoms with van der Waals surface area (Å²) in [5.41, 5.74) is 7.53. The predicted molar refractivity (Wildman–Crippen MR) is 96.3 cm³/mol. The molecular formula is C14H16ClN3O5S2. The van der Waals surface area contributed by atoms with Crippen LogP contribution in [0.5, 0.6) is 5.75 Å². The number of ketones is 1. The first-order valence-electron chi connectivity index (χ1n) is 6.97. The van der Waals surface area contributed by atoms with Crippen LogP contribution in [0, 0.1) is 5.41 Å². The Hall–Kier alpha value is -1.75. The summed E-state index contributed by atoms with van der Waals surface area (Å²) in [4.78, 5) is 13.2. The van der Waals surface area contributed by atoms with Crippen molar-refractivity contribution >= 4 is 51.3 Å². The van der Waals surface area contributed by atoms with Gasteiger partial charge in [0.15, 0.2) is 5.78 Å². The quantitative estimate of drug-likeness (QED) is 0.281. The molecule has 136 valence electrons. The van der Waals surface area contributed by atoms with Gasteiger partial charge in [0, 0.05) is 22.6 Å². The zero-order chi connectivity index (χ0) is 18.6. The van der Waals surface area contributed by atoms with Crippen molar-refractivity contribution in [3.05, 3.63) is 28.3 Å². The largest absolute Gasteiger partial charge is 0.491 e. The molecule has 0 fully saturated rings. The number of halogens is 1. The topological polar surface area (TPSA) is 132 Å². The molecule has 0 amide bonds. The summed E-state index contributed by atoms with van der Waals surface area (Å²) in [5, 5.41) is 7.36. The van der Waals surface area contributed by atoms with E-state index in [9.17, 15) is 13.2 Å². The molecule has 0 spiro atoms. The Balaban J connectivity index is 2.26. The van der Waals surface area contributed by atoms with Gasteiger partial charge in [-0.1, -0.05) is 11.6 Å². The minimum absolute atomic E-state index is 0.229. The van der Waals surface area contributed by atoms with Crippen molar-refractivity contribution in [1.29, 1.82) is 5.41 Å². The number of Topliss-reactive ketones (excluding diaryl/α,β-unsaturated/α-hetero) is 1. The molecule has 11 heteroatoms. The van der Waals surface area contributed by atoms with Gasteiger partial charge in [-0.2, -0.15) is 8.42 Å². The number of hydroxylamine groups is 1. The highest BCUT2D eigenvalue weighted by Gasteiger charge is 2.24. The van der Waals surface area contributed by atoms with E-state index in [2.05, 4.69) is 4.28 Å². The number of fused-ring (bicyclic) bond motifs is 1. The van der Waals surface area contributed by atoms with E-state index in [0.717, 1.165) is 4.90 Å². The van der Waals surface area contributed by atoms with Crippen molar-refractivity contribution in [3.8, 4) is 5.75 Å². The van der Waals surface area contributed by atoms with Gasteiger partial charge in [-0.15, -0.1) is 16.0 Å². The van der Waals surface area contributed by atoms with Crippen LogP contribution in [-0.2, 0) is 19.2 Å². The van der Waals surface area contributed by atoms with Crippen LogP contribution in [0.25, 0.3) is 6.08 Å². The first-order chi connectivity index (χ1) is 11.7. The predicted octanol–water partition coefficient (Wildman–Crippen LogP) is 1.54. The van der Waals surface area contributed by atoms with E-state index in [1.54, 1.807) is 23.7 Å². The average Bonchev–Trinajstić information content (AvgIpc) is 2.74. The molecule has 0 saturated carbocycles. The minimum Gasteiger partial charge on any atom is -0.491 e. The number of carbonyl (C=O) groups is 1. The summed E-state index contributed by atoms with van der Waals surface area (Å²) in [6.45, 7) is 0.229. The van der Waals surface area contributed by atoms with E-state index >= 15 is 0 Å². The molecule has 0 bridgehead atoms. The molecular weight excluding hydrogens is 390 g/mol. The van der Waals surface area contributed by atoms with Gasteiger partial charge in [-0.05, 0) is 24.5 Å². The lowest BCUT2D eigenvalue weighted by atomic mass is 10.1. The molecule has 0 aliphatic carbocycles. The van der Waals surface area contributed by atoms with E-state index in [1.165, 1.54) is 11.8 Å². The van der Waals surface area contributed by atoms with Gasteiger partial charge in [0.1, 0.15) is 11.5 Å². The van der Waals surface area contributed by atoms with Gasteiger partial charge in [-0.25, -0.2) is 5.48 Å². The Labute approximate surface area is 154 Å². The fourth-order valence-corrected chi connectivity index (χ4v) is 3.82. The summed E-state index contributed by atoms with van der Waals surface area (Å²) in [7, 11) is -4.23. The van der Waals surface area contributed by atoms with Crippen LogP contribution in [-0.4, -0.2) is 38.8 Å². The summed E-state index contributed by atoms with van der Waals surface area (Å²) >= 11 is 7.54. The van der Waals surface area contributed by atoms with Crippen LogP contribution in [0.3, 0.4) is 0 Å². The lowest BCUT2D eigenvalue weighted by Gasteiger charge is -2.11. The third-order valence-corrected chi connectivity index (χ3v) is 5.07. The molecule has 1 aliphatic heterocycles. The van der Waals surface area contributed by atoms with E-state index in [4.69, 9.17) is 27.5 Å². The molecule has 4 N–H and O–H groups in total. The molecule has 1 heterocycles. The second-order valence-corrected chi connectivity index (χ2v) is 7.87. The second kappa shape index (κ2) is 8.09. The highest BCUT2D eigenvalue weighted by atomic mass is 35.5. The van der Waals surface area contributed by atoms with Crippen molar-refractivity contribution in [2.24, 2.45) is 5.73 Å². The maximum Gasteiger partial charge on any atom is 0.295 e. The van der Waals surface area contributed by atoms with E-state index in [-0.39, 0.29) is 18.6 Å². The lowest BCUT2D eigenvalue weighted by Crippen LogP contribution is -2.34. The van der Waals surface area contributed by atoms with Crippen LogP contribution in [0.4, 0.5) is 0 Å². The van der Waals surface area contributed by atoms with E-state index < -0.39 is 27.6 Å². The van der Waals surface area contributed by atoms with Crippen molar-refractivity contribution in [2.75, 3.05) is 18.6 Å². The third-order valence-electron chi connectivity index (χ3n) is 3.16. The standard InChI is InChI=1S/C14H16ClN3O5S2/c1-24-12-6-10(15)5-9-4-8(2-3-22-13(9)12)11(19)7-25(20,21)23-18-14(16)17/h4-6H,2-3,7H2,1H3,(H4,16,17,18). The first-order valence-corrected chi connectivity index (χ1v) is 10.1. The number of benzene rings is 1. The SMILES string of the molecule is CSc1cc(Cl)cc2c1OCCC(C(=O)CS(=O)(=O)ONC(=N)N)=C2. The van der Waals surface area contributed by atoms with Crippen molar-refractivity contribution < 1.29 is 22.2 Å². The molecule has 1 aliphatic rings. The number of nitrogens with one attached hydrogen (secondary N) is 2. The Morgan fingerprint density at radius 2 is 2.24 bits per heavy atom. The average molecular weight is 406 g/mol. The number of ether oxygens (including phenoxy) is 1. The number of hydrogen-bond donors (Lipinski definition) is 3. The summed E-state index contributed by atoms with van der Waals surface area (Å²) < 4.78 is 33.4. The number of nitrogens with two attached hydrogens (primary N) is 1. The third kappa shape index (κ3) is 5.36. The minimum atomic E-state index is -4.23. The zero-order valence-corrected chi connectivity index (χ0v) is 15.6. The zero-order valence-electron chi connectivity index (χ0n) is 13.2. The van der Waals surface area contributed by atoms with Crippen LogP contribution in [0.1, 0.15) is 12.0 Å². The number of rotatable bonds is 6. The van der Waals surface area contributed by atoms with Gasteiger partial charge in [0.05, 0.1) is 11.5 Å². The Kier molecular flexibility index (Phi) is 6.33. The van der Waals surface area contributed by atoms with Crippen LogP contribution in [0.2, 0.25) is 5.02 Å². The van der Waals surface area contributed by atoms with E-state index in [0.29, 0.717) is 16.3 Å². The second-order valence-electron chi connectivity index (χ2n) is 5.02. The highest BCUT2D eigenvalue weighted by Crippen LogP contribution is 2.37. The van der Waals surface area contributed by atoms with Crippen LogP contribution >= 0.6 is 23.4 Å². The molecule has 1 aromatic rings. The normalized spacial score (nSPS) is 13.9. The maximum atomic E-state index is 12.3. The van der Waals surface area contributed by atoms with Crippen molar-refractivity contribution in [3.63, 3.8) is 0 Å². The highest BCUT2D eigenvalue weighted by molar-refractivity contribution is 7.98. The van der Waals surface area contributed by atoms with Crippen LogP contribution < -0.4 is 16.0 Å². The summed E-state index contributed by atoms with van der Waals surface area (Å²) in [5.74, 6) is -1.60. The van der Waals surface area contributed by atoms with Gasteiger partial charge in [0.25, 0.3) is 10.1 Å². The van der Waals surface area contributed by atoms with Gasteiger partial charge in [-0.3, -0.25) is 10.2 Å². The lowest BCUT2D eigenvalue weighted by molar-refractivity contribution is -0.113. The smallest absolute Gasteiger partial charge is 0.295 e. The maximum absolute atomic E-state index is 12.3. The molecule has 0 saturated heterocycles. The summed E-state index contributed by atoms with van der Waals surface area (Å²) in [6.07, 6.45) is 3.70. The molecule has 0 aromatic heterocycles. The Morgan fingerprint density at radius 3 is 2.88 bits per heavy atom. The number of carbonyl (C=O) groups excluding carboxylic acids is 1. The Bertz CT molecular complexity index is 839. The first kappa shape index (κ1) is 19.6. The fourth-order valence-electron chi connectivity index (χ4n) is 2.14. The molecule has 8 nitrogen and oxygen atoms in total. The molecule has 25 heavy (non-hydrogen) atoms. The molecule has 0 atom stereocenters. The number of thioether (sulfide) groups is 1. The molecule has 0 unspecified atom stereocenters.